The molecule has 2 aliphatic rings. The first-order valence-electron chi connectivity index (χ1n) is 11.5. The summed E-state index contributed by atoms with van der Waals surface area (Å²) in [6.07, 6.45) is 6.97. The van der Waals surface area contributed by atoms with Gasteiger partial charge in [0.1, 0.15) is 11.6 Å². The third-order valence-electron chi connectivity index (χ3n) is 6.55. The van der Waals surface area contributed by atoms with Crippen molar-refractivity contribution in [2.24, 2.45) is 5.92 Å². The van der Waals surface area contributed by atoms with Gasteiger partial charge >= 0.3 is 0 Å². The molecule has 1 saturated heterocycles. The smallest absolute Gasteiger partial charge is 0.262 e. The topological polar surface area (TPSA) is 61.4 Å². The minimum absolute atomic E-state index is 0.0154. The number of para-hydroxylation sites is 1. The van der Waals surface area contributed by atoms with E-state index < -0.39 is 0 Å². The minimum Gasteiger partial charge on any atom is -0.365 e. The second kappa shape index (κ2) is 8.99. The van der Waals surface area contributed by atoms with Gasteiger partial charge in [-0.2, -0.15) is 0 Å². The first-order chi connectivity index (χ1) is 15.7. The number of fused-ring (bicyclic) bond motifs is 1. The Morgan fingerprint density at radius 3 is 2.69 bits per heavy atom. The molecule has 4 heterocycles. The number of benzene rings is 1. The summed E-state index contributed by atoms with van der Waals surface area (Å²) in [6.45, 7) is 5.74. The van der Waals surface area contributed by atoms with E-state index in [-0.39, 0.29) is 5.91 Å². The molecule has 0 saturated carbocycles. The number of carbonyl (C=O) groups excluding carboxylic acids is 1. The monoisotopic (exact) mass is 427 g/mol. The number of aromatic nitrogens is 2. The maximum atomic E-state index is 13.3. The zero-order chi connectivity index (χ0) is 21.9. The molecule has 1 N–H and O–H groups in total. The Hall–Kier alpha value is -3.41. The largest absolute Gasteiger partial charge is 0.365 e. The molecule has 0 aliphatic carbocycles. The Bertz CT molecular complexity index is 1090. The van der Waals surface area contributed by atoms with Crippen molar-refractivity contribution in [3.05, 3.63) is 77.6 Å². The lowest BCUT2D eigenvalue weighted by Crippen LogP contribution is -2.33. The highest BCUT2D eigenvalue weighted by Crippen LogP contribution is 2.30. The molecule has 1 amide bonds. The fraction of sp³-hybridized carbons (Fsp3) is 0.346. The lowest BCUT2D eigenvalue weighted by Gasteiger charge is -2.31. The maximum absolute atomic E-state index is 13.3. The predicted octanol–water partition coefficient (Wildman–Crippen LogP) is 4.53. The van der Waals surface area contributed by atoms with Crippen molar-refractivity contribution >= 4 is 23.2 Å². The molecule has 32 heavy (non-hydrogen) atoms. The second-order valence-corrected chi connectivity index (χ2v) is 8.78. The summed E-state index contributed by atoms with van der Waals surface area (Å²) in [5, 5.41) is 3.35. The van der Waals surface area contributed by atoms with Gasteiger partial charge in [-0.05, 0) is 60.6 Å². The SMILES string of the molecule is CC1CCN(c2ccc(CNc3ncccc3C(=O)N3CCc4ccccc43)cn2)CC1. The van der Waals surface area contributed by atoms with Crippen molar-refractivity contribution in [2.45, 2.75) is 32.7 Å². The maximum Gasteiger partial charge on any atom is 0.262 e. The van der Waals surface area contributed by atoms with Gasteiger partial charge in [0.2, 0.25) is 0 Å². The highest BCUT2D eigenvalue weighted by molar-refractivity contribution is 6.10. The Labute approximate surface area is 189 Å². The lowest BCUT2D eigenvalue weighted by atomic mass is 9.99. The van der Waals surface area contributed by atoms with E-state index in [0.29, 0.717) is 24.5 Å². The molecular weight excluding hydrogens is 398 g/mol. The summed E-state index contributed by atoms with van der Waals surface area (Å²) < 4.78 is 0. The molecule has 2 aliphatic heterocycles. The van der Waals surface area contributed by atoms with Gasteiger partial charge in [-0.25, -0.2) is 9.97 Å². The molecule has 3 aromatic rings. The molecule has 0 unspecified atom stereocenters. The lowest BCUT2D eigenvalue weighted by molar-refractivity contribution is 0.0990. The average molecular weight is 428 g/mol. The molecule has 0 radical (unpaired) electrons. The van der Waals surface area contributed by atoms with E-state index in [9.17, 15) is 4.79 Å². The number of hydrogen-bond donors (Lipinski definition) is 1. The van der Waals surface area contributed by atoms with E-state index in [0.717, 1.165) is 42.5 Å². The number of amides is 1. The number of piperidine rings is 1. The number of pyridine rings is 2. The minimum atomic E-state index is -0.0154. The van der Waals surface area contributed by atoms with Gasteiger partial charge in [-0.15, -0.1) is 0 Å². The van der Waals surface area contributed by atoms with Gasteiger partial charge in [0, 0.05) is 44.3 Å². The van der Waals surface area contributed by atoms with Crippen LogP contribution < -0.4 is 15.1 Å². The van der Waals surface area contributed by atoms with Crippen molar-refractivity contribution in [1.82, 2.24) is 9.97 Å². The van der Waals surface area contributed by atoms with Crippen LogP contribution in [0.15, 0.2) is 60.9 Å². The number of nitrogens with zero attached hydrogens (tertiary/aromatic N) is 4. The molecule has 6 nitrogen and oxygen atoms in total. The normalized spacial score (nSPS) is 16.2. The highest BCUT2D eigenvalue weighted by Gasteiger charge is 2.27. The molecule has 5 rings (SSSR count). The number of carbonyl (C=O) groups is 1. The third kappa shape index (κ3) is 4.17. The zero-order valence-corrected chi connectivity index (χ0v) is 18.5. The molecule has 1 fully saturated rings. The van der Waals surface area contributed by atoms with E-state index in [4.69, 9.17) is 0 Å². The molecular formula is C26H29N5O. The summed E-state index contributed by atoms with van der Waals surface area (Å²) in [5.41, 5.74) is 3.87. The van der Waals surface area contributed by atoms with Crippen LogP contribution >= 0.6 is 0 Å². The fourth-order valence-corrected chi connectivity index (χ4v) is 4.55. The molecule has 164 valence electrons. The second-order valence-electron chi connectivity index (χ2n) is 8.78. The van der Waals surface area contributed by atoms with Gasteiger partial charge in [0.15, 0.2) is 0 Å². The molecule has 6 heteroatoms. The van der Waals surface area contributed by atoms with E-state index in [1.54, 1.807) is 6.20 Å². The van der Waals surface area contributed by atoms with Crippen LogP contribution in [-0.4, -0.2) is 35.5 Å². The standard InChI is InChI=1S/C26H29N5O/c1-19-10-14-30(15-11-19)24-9-8-20(17-28-24)18-29-25-22(6-4-13-27-25)26(32)31-16-12-21-5-2-3-7-23(21)31/h2-9,13,17,19H,10-12,14-16,18H2,1H3,(H,27,29). The quantitative estimate of drug-likeness (QED) is 0.648. The third-order valence-corrected chi connectivity index (χ3v) is 6.55. The van der Waals surface area contributed by atoms with E-state index in [2.05, 4.69) is 45.3 Å². The van der Waals surface area contributed by atoms with Gasteiger partial charge in [0.25, 0.3) is 5.91 Å². The predicted molar refractivity (Wildman–Crippen MR) is 128 cm³/mol. The Kier molecular flexibility index (Phi) is 5.75. The van der Waals surface area contributed by atoms with Crippen molar-refractivity contribution in [1.29, 1.82) is 0 Å². The summed E-state index contributed by atoms with van der Waals surface area (Å²) in [7, 11) is 0. The molecule has 0 spiro atoms. The van der Waals surface area contributed by atoms with Crippen LogP contribution in [0.5, 0.6) is 0 Å². The number of nitrogens with one attached hydrogen (secondary N) is 1. The van der Waals surface area contributed by atoms with Gasteiger partial charge in [0.05, 0.1) is 5.56 Å². The van der Waals surface area contributed by atoms with E-state index >= 15 is 0 Å². The number of anilines is 3. The summed E-state index contributed by atoms with van der Waals surface area (Å²) in [4.78, 5) is 26.7. The molecule has 2 aromatic heterocycles. The number of hydrogen-bond acceptors (Lipinski definition) is 5. The first kappa shape index (κ1) is 20.5. The van der Waals surface area contributed by atoms with Crippen LogP contribution in [0.4, 0.5) is 17.3 Å². The van der Waals surface area contributed by atoms with Crippen LogP contribution in [0, 0.1) is 5.92 Å². The van der Waals surface area contributed by atoms with Gasteiger partial charge < -0.3 is 15.1 Å². The van der Waals surface area contributed by atoms with Crippen LogP contribution in [0.25, 0.3) is 0 Å². The van der Waals surface area contributed by atoms with Crippen molar-refractivity contribution < 1.29 is 4.79 Å². The summed E-state index contributed by atoms with van der Waals surface area (Å²) >= 11 is 0. The number of rotatable bonds is 5. The molecule has 0 atom stereocenters. The average Bonchev–Trinajstić information content (AvgIpc) is 3.28. The zero-order valence-electron chi connectivity index (χ0n) is 18.5. The Morgan fingerprint density at radius 1 is 1.03 bits per heavy atom. The van der Waals surface area contributed by atoms with E-state index in [1.165, 1.54) is 18.4 Å². The van der Waals surface area contributed by atoms with Crippen molar-refractivity contribution in [2.75, 3.05) is 34.8 Å². The molecule has 1 aromatic carbocycles. The Morgan fingerprint density at radius 2 is 1.88 bits per heavy atom. The highest BCUT2D eigenvalue weighted by atomic mass is 16.2. The van der Waals surface area contributed by atoms with Crippen molar-refractivity contribution in [3.8, 4) is 0 Å². The van der Waals surface area contributed by atoms with Gasteiger partial charge in [-0.1, -0.05) is 31.2 Å². The summed E-state index contributed by atoms with van der Waals surface area (Å²) in [6, 6.07) is 16.0. The van der Waals surface area contributed by atoms with Crippen LogP contribution in [0.1, 0.15) is 41.3 Å². The van der Waals surface area contributed by atoms with E-state index in [1.807, 2.05) is 41.4 Å². The van der Waals surface area contributed by atoms with Crippen LogP contribution in [-0.2, 0) is 13.0 Å². The van der Waals surface area contributed by atoms with Gasteiger partial charge in [-0.3, -0.25) is 4.79 Å². The fourth-order valence-electron chi connectivity index (χ4n) is 4.55. The van der Waals surface area contributed by atoms with Crippen LogP contribution in [0.2, 0.25) is 0 Å². The van der Waals surface area contributed by atoms with Crippen LogP contribution in [0.3, 0.4) is 0 Å². The summed E-state index contributed by atoms with van der Waals surface area (Å²) in [5.74, 6) is 2.44. The Balaban J connectivity index is 1.27. The van der Waals surface area contributed by atoms with Crippen molar-refractivity contribution in [3.63, 3.8) is 0 Å². The molecule has 0 bridgehead atoms. The first-order valence-corrected chi connectivity index (χ1v) is 11.5.